The summed E-state index contributed by atoms with van der Waals surface area (Å²) in [5.41, 5.74) is 0.754. The minimum absolute atomic E-state index is 0.0221. The SMILES string of the molecule is COc1ccc(CCNC(=O)C2CNCCO2)cc1OC(F)F. The summed E-state index contributed by atoms with van der Waals surface area (Å²) >= 11 is 0. The first kappa shape index (κ1) is 17.4. The van der Waals surface area contributed by atoms with Crippen LogP contribution in [-0.4, -0.2) is 52.0 Å². The van der Waals surface area contributed by atoms with Gasteiger partial charge in [0.15, 0.2) is 11.5 Å². The fraction of sp³-hybridized carbons (Fsp3) is 0.533. The van der Waals surface area contributed by atoms with Crippen LogP contribution < -0.4 is 20.1 Å². The highest BCUT2D eigenvalue weighted by Crippen LogP contribution is 2.29. The van der Waals surface area contributed by atoms with Crippen molar-refractivity contribution in [2.45, 2.75) is 19.1 Å². The largest absolute Gasteiger partial charge is 0.493 e. The van der Waals surface area contributed by atoms with Crippen molar-refractivity contribution in [1.29, 1.82) is 0 Å². The Balaban J connectivity index is 1.86. The van der Waals surface area contributed by atoms with E-state index in [-0.39, 0.29) is 17.4 Å². The van der Waals surface area contributed by atoms with Gasteiger partial charge in [-0.15, -0.1) is 0 Å². The molecule has 0 spiro atoms. The van der Waals surface area contributed by atoms with Crippen molar-refractivity contribution >= 4 is 5.91 Å². The summed E-state index contributed by atoms with van der Waals surface area (Å²) in [6.45, 7) is -0.817. The predicted octanol–water partition coefficient (Wildman–Crippen LogP) is 0.944. The van der Waals surface area contributed by atoms with Gasteiger partial charge in [0.05, 0.1) is 13.7 Å². The van der Waals surface area contributed by atoms with Crippen LogP contribution in [0.3, 0.4) is 0 Å². The van der Waals surface area contributed by atoms with E-state index in [4.69, 9.17) is 9.47 Å². The van der Waals surface area contributed by atoms with Crippen LogP contribution in [0.25, 0.3) is 0 Å². The number of hydrogen-bond acceptors (Lipinski definition) is 5. The van der Waals surface area contributed by atoms with Gasteiger partial charge in [0.25, 0.3) is 0 Å². The van der Waals surface area contributed by atoms with Gasteiger partial charge in [-0.1, -0.05) is 6.07 Å². The Kier molecular flexibility index (Phi) is 6.54. The van der Waals surface area contributed by atoms with E-state index in [1.807, 2.05) is 0 Å². The summed E-state index contributed by atoms with van der Waals surface area (Å²) in [5.74, 6) is 0.0284. The average molecular weight is 330 g/mol. The molecule has 1 aliphatic heterocycles. The van der Waals surface area contributed by atoms with Crippen molar-refractivity contribution in [3.63, 3.8) is 0 Å². The number of amides is 1. The fourth-order valence-corrected chi connectivity index (χ4v) is 2.24. The maximum Gasteiger partial charge on any atom is 0.387 e. The molecule has 8 heteroatoms. The van der Waals surface area contributed by atoms with Crippen LogP contribution in [0.5, 0.6) is 11.5 Å². The Bertz CT molecular complexity index is 522. The Morgan fingerprint density at radius 3 is 2.96 bits per heavy atom. The zero-order chi connectivity index (χ0) is 16.7. The molecule has 2 rings (SSSR count). The highest BCUT2D eigenvalue weighted by atomic mass is 19.3. The van der Waals surface area contributed by atoms with Crippen molar-refractivity contribution in [1.82, 2.24) is 10.6 Å². The van der Waals surface area contributed by atoms with Crippen molar-refractivity contribution in [3.8, 4) is 11.5 Å². The molecule has 1 amide bonds. The smallest absolute Gasteiger partial charge is 0.387 e. The quantitative estimate of drug-likeness (QED) is 0.779. The average Bonchev–Trinajstić information content (AvgIpc) is 2.55. The molecule has 1 aromatic carbocycles. The van der Waals surface area contributed by atoms with E-state index in [0.29, 0.717) is 26.1 Å². The van der Waals surface area contributed by atoms with Gasteiger partial charge in [-0.25, -0.2) is 0 Å². The first-order valence-electron chi connectivity index (χ1n) is 7.32. The summed E-state index contributed by atoms with van der Waals surface area (Å²) < 4.78 is 39.5. The molecule has 23 heavy (non-hydrogen) atoms. The van der Waals surface area contributed by atoms with E-state index < -0.39 is 12.7 Å². The molecule has 2 N–H and O–H groups in total. The first-order chi connectivity index (χ1) is 11.1. The van der Waals surface area contributed by atoms with Crippen LogP contribution in [0.15, 0.2) is 18.2 Å². The Labute approximate surface area is 133 Å². The summed E-state index contributed by atoms with van der Waals surface area (Å²) in [6, 6.07) is 4.78. The van der Waals surface area contributed by atoms with E-state index >= 15 is 0 Å². The number of methoxy groups -OCH3 is 1. The second-order valence-corrected chi connectivity index (χ2v) is 4.97. The maximum atomic E-state index is 12.4. The second-order valence-electron chi connectivity index (χ2n) is 4.97. The number of hydrogen-bond donors (Lipinski definition) is 2. The number of nitrogens with one attached hydrogen (secondary N) is 2. The first-order valence-corrected chi connectivity index (χ1v) is 7.32. The molecule has 0 radical (unpaired) electrons. The third-order valence-corrected chi connectivity index (χ3v) is 3.38. The minimum atomic E-state index is -2.92. The molecule has 6 nitrogen and oxygen atoms in total. The molecular weight excluding hydrogens is 310 g/mol. The molecule has 128 valence electrons. The van der Waals surface area contributed by atoms with E-state index in [9.17, 15) is 13.6 Å². The van der Waals surface area contributed by atoms with Crippen LogP contribution in [-0.2, 0) is 16.0 Å². The lowest BCUT2D eigenvalue weighted by Gasteiger charge is -2.22. The monoisotopic (exact) mass is 330 g/mol. The molecule has 1 atom stereocenters. The minimum Gasteiger partial charge on any atom is -0.493 e. The van der Waals surface area contributed by atoms with Crippen molar-refractivity contribution in [2.24, 2.45) is 0 Å². The van der Waals surface area contributed by atoms with Crippen LogP contribution in [0.1, 0.15) is 5.56 Å². The Hall–Kier alpha value is -1.93. The van der Waals surface area contributed by atoms with Crippen LogP contribution in [0, 0.1) is 0 Å². The number of ether oxygens (including phenoxy) is 3. The van der Waals surface area contributed by atoms with Gasteiger partial charge >= 0.3 is 6.61 Å². The topological polar surface area (TPSA) is 68.8 Å². The van der Waals surface area contributed by atoms with Crippen molar-refractivity contribution in [3.05, 3.63) is 23.8 Å². The zero-order valence-electron chi connectivity index (χ0n) is 12.8. The lowest BCUT2D eigenvalue weighted by atomic mass is 10.1. The van der Waals surface area contributed by atoms with E-state index in [1.54, 1.807) is 12.1 Å². The third-order valence-electron chi connectivity index (χ3n) is 3.38. The van der Waals surface area contributed by atoms with Crippen LogP contribution in [0.4, 0.5) is 8.78 Å². The second kappa shape index (κ2) is 8.64. The molecule has 1 aliphatic rings. The summed E-state index contributed by atoms with van der Waals surface area (Å²) in [4.78, 5) is 11.9. The standard InChI is InChI=1S/C15H20F2N2O4/c1-21-11-3-2-10(8-12(11)23-15(16)17)4-5-19-14(20)13-9-18-6-7-22-13/h2-3,8,13,15,18H,4-7,9H2,1H3,(H,19,20). The summed E-state index contributed by atoms with van der Waals surface area (Å²) in [5, 5.41) is 5.84. The molecule has 1 heterocycles. The van der Waals surface area contributed by atoms with E-state index in [2.05, 4.69) is 15.4 Å². The highest BCUT2D eigenvalue weighted by Gasteiger charge is 2.21. The predicted molar refractivity (Wildman–Crippen MR) is 78.9 cm³/mol. The molecule has 0 saturated carbocycles. The summed E-state index contributed by atoms with van der Waals surface area (Å²) in [6.07, 6.45) is -0.00694. The summed E-state index contributed by atoms with van der Waals surface area (Å²) in [7, 11) is 1.38. The van der Waals surface area contributed by atoms with Gasteiger partial charge in [-0.05, 0) is 24.1 Å². The lowest BCUT2D eigenvalue weighted by Crippen LogP contribution is -2.48. The molecule has 0 aromatic heterocycles. The van der Waals surface area contributed by atoms with E-state index in [0.717, 1.165) is 12.1 Å². The third kappa shape index (κ3) is 5.33. The van der Waals surface area contributed by atoms with Gasteiger partial charge in [0.2, 0.25) is 5.91 Å². The van der Waals surface area contributed by atoms with Crippen molar-refractivity contribution in [2.75, 3.05) is 33.4 Å². The molecule has 0 aliphatic carbocycles. The van der Waals surface area contributed by atoms with Crippen LogP contribution >= 0.6 is 0 Å². The molecule has 1 aromatic rings. The van der Waals surface area contributed by atoms with Gasteiger partial charge in [0.1, 0.15) is 6.10 Å². The maximum absolute atomic E-state index is 12.4. The Morgan fingerprint density at radius 2 is 2.30 bits per heavy atom. The van der Waals surface area contributed by atoms with Gasteiger partial charge in [0, 0.05) is 19.6 Å². The fourth-order valence-electron chi connectivity index (χ4n) is 2.24. The van der Waals surface area contributed by atoms with Crippen molar-refractivity contribution < 1.29 is 27.8 Å². The molecule has 1 saturated heterocycles. The number of morpholine rings is 1. The molecular formula is C15H20F2N2O4. The van der Waals surface area contributed by atoms with Gasteiger partial charge in [-0.3, -0.25) is 4.79 Å². The van der Waals surface area contributed by atoms with Gasteiger partial charge in [-0.2, -0.15) is 8.78 Å². The van der Waals surface area contributed by atoms with Gasteiger partial charge < -0.3 is 24.8 Å². The Morgan fingerprint density at radius 1 is 1.48 bits per heavy atom. The zero-order valence-corrected chi connectivity index (χ0v) is 12.8. The number of rotatable bonds is 7. The number of halogens is 2. The molecule has 0 bridgehead atoms. The number of carbonyl (C=O) groups excluding carboxylic acids is 1. The molecule has 1 fully saturated rings. The number of carbonyl (C=O) groups is 1. The highest BCUT2D eigenvalue weighted by molar-refractivity contribution is 5.81. The van der Waals surface area contributed by atoms with E-state index in [1.165, 1.54) is 13.2 Å². The number of alkyl halides is 2. The van der Waals surface area contributed by atoms with Crippen LogP contribution in [0.2, 0.25) is 0 Å². The molecule has 1 unspecified atom stereocenters. The number of benzene rings is 1. The lowest BCUT2D eigenvalue weighted by molar-refractivity contribution is -0.134. The normalized spacial score (nSPS) is 17.8.